The second-order valence-corrected chi connectivity index (χ2v) is 10.8. The Kier molecular flexibility index (Phi) is 6.26. The SMILES string of the molecule is NC1CCc2ccc(OCCCS(=O)(=O)CC3CC3)cc2C1Cc1ccccc1. The van der Waals surface area contributed by atoms with Crippen LogP contribution in [0.3, 0.4) is 0 Å². The highest BCUT2D eigenvalue weighted by Gasteiger charge is 2.28. The van der Waals surface area contributed by atoms with E-state index in [9.17, 15) is 8.42 Å². The average molecular weight is 414 g/mol. The zero-order valence-corrected chi connectivity index (χ0v) is 17.7. The third kappa shape index (κ3) is 5.61. The molecular weight excluding hydrogens is 382 g/mol. The van der Waals surface area contributed by atoms with Gasteiger partial charge in [0.05, 0.1) is 18.1 Å². The molecule has 0 bridgehead atoms. The molecule has 2 aromatic carbocycles. The highest BCUT2D eigenvalue weighted by molar-refractivity contribution is 7.91. The molecule has 4 rings (SSSR count). The average Bonchev–Trinajstić information content (AvgIpc) is 3.51. The van der Waals surface area contributed by atoms with Gasteiger partial charge in [-0.25, -0.2) is 8.42 Å². The molecule has 0 amide bonds. The number of rotatable bonds is 9. The Balaban J connectivity index is 1.38. The molecule has 5 heteroatoms. The van der Waals surface area contributed by atoms with Gasteiger partial charge in [0.25, 0.3) is 0 Å². The lowest BCUT2D eigenvalue weighted by molar-refractivity contribution is 0.316. The number of aryl methyl sites for hydroxylation is 1. The standard InChI is InChI=1S/C24H31NO3S/c25-24-12-10-20-9-11-21(28-13-4-14-29(26,27)17-19-7-8-19)16-22(20)23(24)15-18-5-2-1-3-6-18/h1-3,5-6,9,11,16,19,23-24H,4,7-8,10,12-15,17,25H2. The summed E-state index contributed by atoms with van der Waals surface area (Å²) in [7, 11) is -2.93. The van der Waals surface area contributed by atoms with Gasteiger partial charge in [-0.2, -0.15) is 0 Å². The molecule has 0 spiro atoms. The van der Waals surface area contributed by atoms with Crippen molar-refractivity contribution in [2.75, 3.05) is 18.1 Å². The summed E-state index contributed by atoms with van der Waals surface area (Å²) in [4.78, 5) is 0. The fraction of sp³-hybridized carbons (Fsp3) is 0.500. The number of benzene rings is 2. The molecule has 0 aromatic heterocycles. The van der Waals surface area contributed by atoms with Crippen LogP contribution in [0.5, 0.6) is 5.75 Å². The third-order valence-electron chi connectivity index (χ3n) is 6.13. The minimum atomic E-state index is -2.93. The Morgan fingerprint density at radius 3 is 2.59 bits per heavy atom. The Bertz CT molecular complexity index is 922. The van der Waals surface area contributed by atoms with Crippen LogP contribution < -0.4 is 10.5 Å². The van der Waals surface area contributed by atoms with Crippen molar-refractivity contribution >= 4 is 9.84 Å². The van der Waals surface area contributed by atoms with Gasteiger partial charge in [0.1, 0.15) is 5.75 Å². The molecular formula is C24H31NO3S. The summed E-state index contributed by atoms with van der Waals surface area (Å²) in [5.74, 6) is 2.08. The fourth-order valence-corrected chi connectivity index (χ4v) is 6.09. The Morgan fingerprint density at radius 2 is 1.83 bits per heavy atom. The number of hydrogen-bond acceptors (Lipinski definition) is 4. The van der Waals surface area contributed by atoms with Crippen LogP contribution in [-0.4, -0.2) is 32.6 Å². The monoisotopic (exact) mass is 413 g/mol. The Morgan fingerprint density at radius 1 is 1.03 bits per heavy atom. The van der Waals surface area contributed by atoms with E-state index in [4.69, 9.17) is 10.5 Å². The van der Waals surface area contributed by atoms with Gasteiger partial charge in [-0.1, -0.05) is 36.4 Å². The molecule has 156 valence electrons. The van der Waals surface area contributed by atoms with Gasteiger partial charge in [0, 0.05) is 12.0 Å². The molecule has 1 saturated carbocycles. The number of hydrogen-bond donors (Lipinski definition) is 1. The minimum absolute atomic E-state index is 0.144. The Hall–Kier alpha value is -1.85. The zero-order valence-electron chi connectivity index (χ0n) is 16.9. The molecule has 2 aliphatic carbocycles. The van der Waals surface area contributed by atoms with E-state index in [1.165, 1.54) is 16.7 Å². The first-order valence-electron chi connectivity index (χ1n) is 10.8. The highest BCUT2D eigenvalue weighted by atomic mass is 32.2. The van der Waals surface area contributed by atoms with E-state index in [1.54, 1.807) is 0 Å². The summed E-state index contributed by atoms with van der Waals surface area (Å²) in [6, 6.07) is 16.9. The van der Waals surface area contributed by atoms with Crippen LogP contribution in [0, 0.1) is 5.92 Å². The molecule has 0 aliphatic heterocycles. The lowest BCUT2D eigenvalue weighted by Crippen LogP contribution is -2.34. The number of ether oxygens (including phenoxy) is 1. The molecule has 0 saturated heterocycles. The van der Waals surface area contributed by atoms with Crippen molar-refractivity contribution in [2.45, 2.75) is 50.5 Å². The highest BCUT2D eigenvalue weighted by Crippen LogP contribution is 2.36. The van der Waals surface area contributed by atoms with Crippen molar-refractivity contribution in [1.82, 2.24) is 0 Å². The summed E-state index contributed by atoms with van der Waals surface area (Å²) < 4.78 is 30.1. The van der Waals surface area contributed by atoms with Gasteiger partial charge in [-0.05, 0) is 73.3 Å². The van der Waals surface area contributed by atoms with E-state index in [0.717, 1.165) is 37.9 Å². The number of sulfone groups is 1. The van der Waals surface area contributed by atoms with Crippen LogP contribution in [0.1, 0.15) is 48.3 Å². The van der Waals surface area contributed by atoms with E-state index in [1.807, 2.05) is 12.1 Å². The largest absolute Gasteiger partial charge is 0.494 e. The fourth-order valence-electron chi connectivity index (χ4n) is 4.31. The molecule has 0 radical (unpaired) electrons. The van der Waals surface area contributed by atoms with Crippen LogP contribution in [0.4, 0.5) is 0 Å². The van der Waals surface area contributed by atoms with E-state index < -0.39 is 9.84 Å². The predicted molar refractivity (Wildman–Crippen MR) is 117 cm³/mol. The quantitative estimate of drug-likeness (QED) is 0.634. The van der Waals surface area contributed by atoms with Crippen LogP contribution >= 0.6 is 0 Å². The summed E-state index contributed by atoms with van der Waals surface area (Å²) in [5, 5.41) is 0. The molecule has 2 unspecified atom stereocenters. The van der Waals surface area contributed by atoms with Crippen LogP contribution in [0.2, 0.25) is 0 Å². The Labute approximate surface area is 174 Å². The van der Waals surface area contributed by atoms with Crippen molar-refractivity contribution in [1.29, 1.82) is 0 Å². The van der Waals surface area contributed by atoms with E-state index >= 15 is 0 Å². The molecule has 4 nitrogen and oxygen atoms in total. The van der Waals surface area contributed by atoms with Crippen molar-refractivity contribution < 1.29 is 13.2 Å². The summed E-state index contributed by atoms with van der Waals surface area (Å²) in [6.45, 7) is 0.429. The second kappa shape index (κ2) is 8.88. The topological polar surface area (TPSA) is 69.4 Å². The van der Waals surface area contributed by atoms with E-state index in [0.29, 0.717) is 24.7 Å². The lowest BCUT2D eigenvalue weighted by Gasteiger charge is -2.32. The summed E-state index contributed by atoms with van der Waals surface area (Å²) in [6.07, 6.45) is 5.61. The maximum Gasteiger partial charge on any atom is 0.150 e. The van der Waals surface area contributed by atoms with Gasteiger partial charge < -0.3 is 10.5 Å². The minimum Gasteiger partial charge on any atom is -0.494 e. The first-order chi connectivity index (χ1) is 14.0. The second-order valence-electron chi connectivity index (χ2n) is 8.62. The number of fused-ring (bicyclic) bond motifs is 1. The first-order valence-corrected chi connectivity index (χ1v) is 12.6. The van der Waals surface area contributed by atoms with E-state index in [-0.39, 0.29) is 17.7 Å². The molecule has 29 heavy (non-hydrogen) atoms. The maximum absolute atomic E-state index is 12.1. The third-order valence-corrected chi connectivity index (χ3v) is 8.02. The molecule has 0 heterocycles. The van der Waals surface area contributed by atoms with Crippen molar-refractivity contribution in [2.24, 2.45) is 11.7 Å². The lowest BCUT2D eigenvalue weighted by atomic mass is 9.76. The molecule has 1 fully saturated rings. The summed E-state index contributed by atoms with van der Waals surface area (Å²) >= 11 is 0. The van der Waals surface area contributed by atoms with Crippen molar-refractivity contribution in [3.63, 3.8) is 0 Å². The normalized spacial score (nSPS) is 21.6. The van der Waals surface area contributed by atoms with Gasteiger partial charge in [0.15, 0.2) is 9.84 Å². The van der Waals surface area contributed by atoms with Crippen molar-refractivity contribution in [3.8, 4) is 5.75 Å². The number of nitrogens with two attached hydrogens (primary N) is 1. The van der Waals surface area contributed by atoms with Crippen molar-refractivity contribution in [3.05, 3.63) is 65.2 Å². The van der Waals surface area contributed by atoms with Crippen LogP contribution in [0.25, 0.3) is 0 Å². The predicted octanol–water partition coefficient (Wildman–Crippen LogP) is 3.88. The van der Waals surface area contributed by atoms with Gasteiger partial charge in [-0.3, -0.25) is 0 Å². The van der Waals surface area contributed by atoms with Gasteiger partial charge in [-0.15, -0.1) is 0 Å². The first kappa shape index (κ1) is 20.4. The van der Waals surface area contributed by atoms with Gasteiger partial charge in [0.2, 0.25) is 0 Å². The molecule has 2 aromatic rings. The van der Waals surface area contributed by atoms with Crippen LogP contribution in [0.15, 0.2) is 48.5 Å². The molecule has 2 atom stereocenters. The van der Waals surface area contributed by atoms with E-state index in [2.05, 4.69) is 36.4 Å². The molecule has 2 aliphatic rings. The van der Waals surface area contributed by atoms with Crippen LogP contribution in [-0.2, 0) is 22.7 Å². The molecule has 2 N–H and O–H groups in total. The summed E-state index contributed by atoms with van der Waals surface area (Å²) in [5.41, 5.74) is 10.4. The zero-order chi connectivity index (χ0) is 20.3. The van der Waals surface area contributed by atoms with Gasteiger partial charge >= 0.3 is 0 Å². The maximum atomic E-state index is 12.1. The smallest absolute Gasteiger partial charge is 0.150 e.